The molecule has 4 nitrogen and oxygen atoms in total. The van der Waals surface area contributed by atoms with Gasteiger partial charge in [0.1, 0.15) is 0 Å². The molecule has 0 heterocycles. The zero-order valence-electron chi connectivity index (χ0n) is 8.60. The number of ketones is 1. The number of carbonyl (C=O) groups is 1. The number of benzene rings is 1. The number of nitro groups is 1. The zero-order valence-corrected chi connectivity index (χ0v) is 10.2. The summed E-state index contributed by atoms with van der Waals surface area (Å²) in [7, 11) is 0. The fourth-order valence-electron chi connectivity index (χ4n) is 1.34. The SMILES string of the molecule is CSc1cccc(CC(=O)CCl)c1[N+](=O)[O-]. The van der Waals surface area contributed by atoms with Gasteiger partial charge in [0, 0.05) is 12.0 Å². The molecule has 0 aliphatic rings. The second-order valence-electron chi connectivity index (χ2n) is 3.07. The molecule has 0 aliphatic heterocycles. The summed E-state index contributed by atoms with van der Waals surface area (Å²) in [4.78, 5) is 22.2. The van der Waals surface area contributed by atoms with Gasteiger partial charge in [-0.2, -0.15) is 0 Å². The number of halogens is 1. The molecule has 0 radical (unpaired) electrons. The lowest BCUT2D eigenvalue weighted by Crippen LogP contribution is -2.06. The summed E-state index contributed by atoms with van der Waals surface area (Å²) in [5.41, 5.74) is 0.427. The first-order chi connectivity index (χ1) is 7.60. The van der Waals surface area contributed by atoms with Crippen molar-refractivity contribution in [2.45, 2.75) is 11.3 Å². The minimum Gasteiger partial charge on any atom is -0.298 e. The molecule has 0 N–H and O–H groups in total. The Bertz CT molecular complexity index is 423. The lowest BCUT2D eigenvalue weighted by molar-refractivity contribution is -0.388. The first-order valence-corrected chi connectivity index (χ1v) is 6.24. The van der Waals surface area contributed by atoms with Gasteiger partial charge in [-0.05, 0) is 12.3 Å². The van der Waals surface area contributed by atoms with Crippen molar-refractivity contribution < 1.29 is 9.72 Å². The van der Waals surface area contributed by atoms with Crippen LogP contribution in [0, 0.1) is 10.1 Å². The zero-order chi connectivity index (χ0) is 12.1. The molecule has 0 fully saturated rings. The van der Waals surface area contributed by atoms with Gasteiger partial charge >= 0.3 is 0 Å². The third kappa shape index (κ3) is 2.96. The molecular formula is C10H10ClNO3S. The summed E-state index contributed by atoms with van der Waals surface area (Å²) in [5, 5.41) is 10.9. The molecular weight excluding hydrogens is 250 g/mol. The van der Waals surface area contributed by atoms with Crippen molar-refractivity contribution >= 4 is 34.8 Å². The van der Waals surface area contributed by atoms with E-state index in [1.807, 2.05) is 0 Å². The van der Waals surface area contributed by atoms with Crippen molar-refractivity contribution in [3.05, 3.63) is 33.9 Å². The molecule has 0 aliphatic carbocycles. The summed E-state index contributed by atoms with van der Waals surface area (Å²) in [6.07, 6.45) is 1.77. The molecule has 16 heavy (non-hydrogen) atoms. The maximum absolute atomic E-state index is 11.2. The Morgan fingerprint density at radius 1 is 1.56 bits per heavy atom. The molecule has 6 heteroatoms. The number of Topliss-reactive ketones (excluding diaryl/α,β-unsaturated/α-hetero) is 1. The van der Waals surface area contributed by atoms with Crippen molar-refractivity contribution in [2.75, 3.05) is 12.1 Å². The van der Waals surface area contributed by atoms with Crippen molar-refractivity contribution in [3.63, 3.8) is 0 Å². The molecule has 0 spiro atoms. The van der Waals surface area contributed by atoms with Crippen molar-refractivity contribution in [2.24, 2.45) is 0 Å². The Labute approximate surface area is 102 Å². The Morgan fingerprint density at radius 2 is 2.25 bits per heavy atom. The molecule has 0 unspecified atom stereocenters. The summed E-state index contributed by atoms with van der Waals surface area (Å²) >= 11 is 6.67. The highest BCUT2D eigenvalue weighted by Gasteiger charge is 2.20. The quantitative estimate of drug-likeness (QED) is 0.353. The van der Waals surface area contributed by atoms with E-state index in [2.05, 4.69) is 0 Å². The van der Waals surface area contributed by atoms with E-state index in [0.29, 0.717) is 10.5 Å². The van der Waals surface area contributed by atoms with Crippen LogP contribution in [0.4, 0.5) is 5.69 Å². The first-order valence-electron chi connectivity index (χ1n) is 4.48. The summed E-state index contributed by atoms with van der Waals surface area (Å²) in [5.74, 6) is -0.344. The van der Waals surface area contributed by atoms with Gasteiger partial charge in [-0.1, -0.05) is 12.1 Å². The topological polar surface area (TPSA) is 60.2 Å². The second-order valence-corrected chi connectivity index (χ2v) is 4.19. The van der Waals surface area contributed by atoms with Crippen LogP contribution in [0.3, 0.4) is 0 Å². The lowest BCUT2D eigenvalue weighted by Gasteiger charge is -2.04. The van der Waals surface area contributed by atoms with Crippen LogP contribution in [0.2, 0.25) is 0 Å². The van der Waals surface area contributed by atoms with E-state index in [-0.39, 0.29) is 23.8 Å². The summed E-state index contributed by atoms with van der Waals surface area (Å²) in [6, 6.07) is 4.95. The van der Waals surface area contributed by atoms with Crippen LogP contribution in [0.15, 0.2) is 23.1 Å². The number of thioether (sulfide) groups is 1. The van der Waals surface area contributed by atoms with Gasteiger partial charge in [-0.25, -0.2) is 0 Å². The van der Waals surface area contributed by atoms with E-state index in [4.69, 9.17) is 11.6 Å². The Hall–Kier alpha value is -1.07. The van der Waals surface area contributed by atoms with Gasteiger partial charge in [0.2, 0.25) is 0 Å². The fraction of sp³-hybridized carbons (Fsp3) is 0.300. The van der Waals surface area contributed by atoms with Crippen LogP contribution in [-0.4, -0.2) is 22.8 Å². The molecule has 0 amide bonds. The molecule has 1 rings (SSSR count). The number of carbonyl (C=O) groups excluding carboxylic acids is 1. The fourth-order valence-corrected chi connectivity index (χ4v) is 2.05. The molecule has 0 saturated heterocycles. The average molecular weight is 260 g/mol. The highest BCUT2D eigenvalue weighted by Crippen LogP contribution is 2.31. The monoisotopic (exact) mass is 259 g/mol. The number of nitro benzene ring substituents is 1. The molecule has 0 bridgehead atoms. The van der Waals surface area contributed by atoms with Gasteiger partial charge in [0.05, 0.1) is 15.7 Å². The van der Waals surface area contributed by atoms with Gasteiger partial charge < -0.3 is 0 Å². The van der Waals surface area contributed by atoms with Crippen LogP contribution in [0.25, 0.3) is 0 Å². The number of para-hydroxylation sites is 1. The maximum Gasteiger partial charge on any atom is 0.286 e. The highest BCUT2D eigenvalue weighted by molar-refractivity contribution is 7.98. The van der Waals surface area contributed by atoms with Crippen LogP contribution in [0.1, 0.15) is 5.56 Å². The summed E-state index contributed by atoms with van der Waals surface area (Å²) < 4.78 is 0. The number of hydrogen-bond donors (Lipinski definition) is 0. The number of alkyl halides is 1. The molecule has 0 saturated carbocycles. The third-order valence-electron chi connectivity index (χ3n) is 2.02. The van der Waals surface area contributed by atoms with E-state index in [9.17, 15) is 14.9 Å². The Kier molecular flexibility index (Phi) is 4.76. The third-order valence-corrected chi connectivity index (χ3v) is 3.09. The van der Waals surface area contributed by atoms with Gasteiger partial charge in [0.15, 0.2) is 5.78 Å². The normalized spacial score (nSPS) is 10.1. The van der Waals surface area contributed by atoms with E-state index in [0.717, 1.165) is 0 Å². The van der Waals surface area contributed by atoms with Crippen LogP contribution in [-0.2, 0) is 11.2 Å². The maximum atomic E-state index is 11.2. The van der Waals surface area contributed by atoms with Crippen molar-refractivity contribution in [1.82, 2.24) is 0 Å². The highest BCUT2D eigenvalue weighted by atomic mass is 35.5. The lowest BCUT2D eigenvalue weighted by atomic mass is 10.1. The number of hydrogen-bond acceptors (Lipinski definition) is 4. The summed E-state index contributed by atoms with van der Waals surface area (Å²) in [6.45, 7) is 0. The van der Waals surface area contributed by atoms with Crippen LogP contribution >= 0.6 is 23.4 Å². The van der Waals surface area contributed by atoms with E-state index in [1.165, 1.54) is 11.8 Å². The van der Waals surface area contributed by atoms with Gasteiger partial charge in [0.25, 0.3) is 5.69 Å². The van der Waals surface area contributed by atoms with Crippen LogP contribution < -0.4 is 0 Å². The Balaban J connectivity index is 3.17. The average Bonchev–Trinajstić information content (AvgIpc) is 2.28. The Morgan fingerprint density at radius 3 is 2.75 bits per heavy atom. The predicted octanol–water partition coefficient (Wildman–Crippen LogP) is 2.67. The van der Waals surface area contributed by atoms with E-state index < -0.39 is 4.92 Å². The predicted molar refractivity (Wildman–Crippen MR) is 64.3 cm³/mol. The first kappa shape index (κ1) is 13.0. The smallest absolute Gasteiger partial charge is 0.286 e. The van der Waals surface area contributed by atoms with Crippen molar-refractivity contribution in [3.8, 4) is 0 Å². The molecule has 1 aromatic rings. The standard InChI is InChI=1S/C10H10ClNO3S/c1-16-9-4-2-3-7(5-8(13)6-11)10(9)12(14)15/h2-4H,5-6H2,1H3. The van der Waals surface area contributed by atoms with Gasteiger partial charge in [-0.3, -0.25) is 14.9 Å². The van der Waals surface area contributed by atoms with E-state index >= 15 is 0 Å². The second kappa shape index (κ2) is 5.86. The van der Waals surface area contributed by atoms with Crippen molar-refractivity contribution in [1.29, 1.82) is 0 Å². The van der Waals surface area contributed by atoms with E-state index in [1.54, 1.807) is 24.5 Å². The van der Waals surface area contributed by atoms with Gasteiger partial charge in [-0.15, -0.1) is 23.4 Å². The number of nitrogens with zero attached hydrogens (tertiary/aromatic N) is 1. The van der Waals surface area contributed by atoms with Crippen LogP contribution in [0.5, 0.6) is 0 Å². The minimum atomic E-state index is -0.456. The molecule has 86 valence electrons. The number of rotatable bonds is 5. The molecule has 1 aromatic carbocycles. The molecule has 0 aromatic heterocycles. The largest absolute Gasteiger partial charge is 0.298 e. The minimum absolute atomic E-state index is 0.00784. The molecule has 0 atom stereocenters.